The van der Waals surface area contributed by atoms with Gasteiger partial charge in [0.1, 0.15) is 5.82 Å². The molecule has 3 aromatic heterocycles. The van der Waals surface area contributed by atoms with Gasteiger partial charge >= 0.3 is 0 Å². The van der Waals surface area contributed by atoms with Crippen LogP contribution in [0.4, 0.5) is 0 Å². The number of pyridine rings is 1. The average molecular weight is 350 g/mol. The molecule has 0 aromatic carbocycles. The molecule has 0 fully saturated rings. The third kappa shape index (κ3) is 3.48. The van der Waals surface area contributed by atoms with Gasteiger partial charge in [0.05, 0.1) is 5.69 Å². The lowest BCUT2D eigenvalue weighted by atomic mass is 10.0. The van der Waals surface area contributed by atoms with Gasteiger partial charge in [0.15, 0.2) is 0 Å². The highest BCUT2D eigenvalue weighted by atomic mass is 32.1. The summed E-state index contributed by atoms with van der Waals surface area (Å²) in [5.41, 5.74) is 6.07. The van der Waals surface area contributed by atoms with Gasteiger partial charge in [0.25, 0.3) is 0 Å². The third-order valence-electron chi connectivity index (χ3n) is 4.63. The Morgan fingerprint density at radius 1 is 1.24 bits per heavy atom. The van der Waals surface area contributed by atoms with Gasteiger partial charge in [-0.25, -0.2) is 9.97 Å². The van der Waals surface area contributed by atoms with Crippen LogP contribution in [0.15, 0.2) is 41.4 Å². The molecule has 25 heavy (non-hydrogen) atoms. The topological polar surface area (TPSA) is 41.9 Å². The second kappa shape index (κ2) is 7.02. The zero-order valence-electron chi connectivity index (χ0n) is 14.6. The highest BCUT2D eigenvalue weighted by Crippen LogP contribution is 2.26. The Kier molecular flexibility index (Phi) is 4.59. The summed E-state index contributed by atoms with van der Waals surface area (Å²) in [4.78, 5) is 16.4. The first kappa shape index (κ1) is 16.4. The van der Waals surface area contributed by atoms with Gasteiger partial charge in [0, 0.05) is 66.6 Å². The first-order valence-corrected chi connectivity index (χ1v) is 9.68. The fourth-order valence-electron chi connectivity index (χ4n) is 3.27. The molecule has 4 rings (SSSR count). The molecular weight excluding hydrogens is 328 g/mol. The maximum absolute atomic E-state index is 4.76. The maximum atomic E-state index is 4.76. The van der Waals surface area contributed by atoms with Crippen LogP contribution in [0.5, 0.6) is 0 Å². The van der Waals surface area contributed by atoms with E-state index in [9.17, 15) is 0 Å². The van der Waals surface area contributed by atoms with E-state index in [1.807, 2.05) is 18.5 Å². The van der Waals surface area contributed by atoms with Gasteiger partial charge in [-0.2, -0.15) is 11.3 Å². The number of hydrogen-bond acceptors (Lipinski definition) is 5. The van der Waals surface area contributed by atoms with Gasteiger partial charge in [-0.3, -0.25) is 9.88 Å². The summed E-state index contributed by atoms with van der Waals surface area (Å²) in [6.07, 6.45) is 4.89. The van der Waals surface area contributed by atoms with Crippen LogP contribution < -0.4 is 0 Å². The third-order valence-corrected chi connectivity index (χ3v) is 5.31. The van der Waals surface area contributed by atoms with Crippen LogP contribution in [0.1, 0.15) is 42.4 Å². The van der Waals surface area contributed by atoms with Crippen LogP contribution in [0.2, 0.25) is 0 Å². The van der Waals surface area contributed by atoms with Crippen molar-refractivity contribution in [1.82, 2.24) is 19.9 Å². The second-order valence-corrected chi connectivity index (χ2v) is 7.62. The molecular formula is C20H22N4S. The number of thiophene rings is 1. The monoisotopic (exact) mass is 350 g/mol. The minimum Gasteiger partial charge on any atom is -0.294 e. The fraction of sp³-hybridized carbons (Fsp3) is 0.350. The van der Waals surface area contributed by atoms with Crippen LogP contribution in [0.25, 0.3) is 11.3 Å². The summed E-state index contributed by atoms with van der Waals surface area (Å²) < 4.78 is 0. The van der Waals surface area contributed by atoms with E-state index in [-0.39, 0.29) is 0 Å². The van der Waals surface area contributed by atoms with Gasteiger partial charge in [-0.15, -0.1) is 0 Å². The van der Waals surface area contributed by atoms with Crippen molar-refractivity contribution in [1.29, 1.82) is 0 Å². The normalized spacial score (nSPS) is 14.7. The largest absolute Gasteiger partial charge is 0.294 e. The first-order valence-electron chi connectivity index (χ1n) is 8.74. The number of fused-ring (bicyclic) bond motifs is 1. The molecule has 0 saturated carbocycles. The van der Waals surface area contributed by atoms with Gasteiger partial charge in [-0.05, 0) is 23.1 Å². The van der Waals surface area contributed by atoms with Crippen LogP contribution >= 0.6 is 11.3 Å². The molecule has 0 atom stereocenters. The van der Waals surface area contributed by atoms with Crippen molar-refractivity contribution in [3.63, 3.8) is 0 Å². The van der Waals surface area contributed by atoms with Crippen LogP contribution in [0, 0.1) is 0 Å². The number of rotatable bonds is 4. The highest BCUT2D eigenvalue weighted by Gasteiger charge is 2.20. The molecule has 0 spiro atoms. The zero-order valence-corrected chi connectivity index (χ0v) is 15.5. The number of nitrogens with zero attached hydrogens (tertiary/aromatic N) is 4. The molecule has 1 aliphatic rings. The summed E-state index contributed by atoms with van der Waals surface area (Å²) in [6.45, 7) is 7.13. The molecule has 0 saturated heterocycles. The molecule has 0 bridgehead atoms. The zero-order chi connectivity index (χ0) is 17.2. The lowest BCUT2D eigenvalue weighted by Crippen LogP contribution is -2.31. The van der Waals surface area contributed by atoms with Crippen molar-refractivity contribution in [2.75, 3.05) is 6.54 Å². The van der Waals surface area contributed by atoms with Crippen molar-refractivity contribution in [3.05, 3.63) is 64.0 Å². The van der Waals surface area contributed by atoms with Gasteiger partial charge in [0.2, 0.25) is 0 Å². The fourth-order valence-corrected chi connectivity index (χ4v) is 3.91. The molecule has 4 nitrogen and oxygen atoms in total. The Hall–Kier alpha value is -2.11. The molecule has 0 unspecified atom stereocenters. The summed E-state index contributed by atoms with van der Waals surface area (Å²) in [6, 6.07) is 6.36. The predicted molar refractivity (Wildman–Crippen MR) is 101 cm³/mol. The smallest absolute Gasteiger partial charge is 0.131 e. The van der Waals surface area contributed by atoms with Crippen molar-refractivity contribution in [2.24, 2.45) is 0 Å². The molecule has 4 heterocycles. The Bertz CT molecular complexity index is 858. The van der Waals surface area contributed by atoms with E-state index in [4.69, 9.17) is 4.98 Å². The Morgan fingerprint density at radius 3 is 2.96 bits per heavy atom. The maximum Gasteiger partial charge on any atom is 0.131 e. The van der Waals surface area contributed by atoms with E-state index in [1.54, 1.807) is 11.3 Å². The van der Waals surface area contributed by atoms with E-state index in [1.165, 1.54) is 22.4 Å². The Morgan fingerprint density at radius 2 is 2.16 bits per heavy atom. The van der Waals surface area contributed by atoms with Gasteiger partial charge < -0.3 is 0 Å². The van der Waals surface area contributed by atoms with E-state index in [2.05, 4.69) is 51.6 Å². The van der Waals surface area contributed by atoms with E-state index >= 15 is 0 Å². The lowest BCUT2D eigenvalue weighted by molar-refractivity contribution is 0.242. The Labute approximate surface area is 152 Å². The number of hydrogen-bond donors (Lipinski definition) is 0. The molecule has 0 N–H and O–H groups in total. The van der Waals surface area contributed by atoms with Crippen molar-refractivity contribution in [3.8, 4) is 11.3 Å². The minimum absolute atomic E-state index is 0.381. The summed E-state index contributed by atoms with van der Waals surface area (Å²) in [5.74, 6) is 1.34. The van der Waals surface area contributed by atoms with Crippen molar-refractivity contribution < 1.29 is 0 Å². The molecule has 0 aliphatic carbocycles. The van der Waals surface area contributed by atoms with Crippen molar-refractivity contribution >= 4 is 11.3 Å². The van der Waals surface area contributed by atoms with Crippen LogP contribution in [-0.2, 0) is 19.5 Å². The van der Waals surface area contributed by atoms with E-state index < -0.39 is 0 Å². The summed E-state index contributed by atoms with van der Waals surface area (Å²) >= 11 is 1.71. The summed E-state index contributed by atoms with van der Waals surface area (Å²) in [5, 5.41) is 4.27. The quantitative estimate of drug-likeness (QED) is 0.704. The van der Waals surface area contributed by atoms with E-state index in [0.29, 0.717) is 5.92 Å². The molecule has 5 heteroatoms. The van der Waals surface area contributed by atoms with Crippen LogP contribution in [0.3, 0.4) is 0 Å². The molecule has 0 amide bonds. The van der Waals surface area contributed by atoms with Gasteiger partial charge in [-0.1, -0.05) is 19.9 Å². The predicted octanol–water partition coefficient (Wildman–Crippen LogP) is 4.28. The molecule has 3 aromatic rings. The lowest BCUT2D eigenvalue weighted by Gasteiger charge is -2.28. The molecule has 128 valence electrons. The average Bonchev–Trinajstić information content (AvgIpc) is 3.16. The first-order chi connectivity index (χ1) is 12.2. The highest BCUT2D eigenvalue weighted by molar-refractivity contribution is 7.08. The van der Waals surface area contributed by atoms with Crippen molar-refractivity contribution in [2.45, 2.75) is 39.3 Å². The summed E-state index contributed by atoms with van der Waals surface area (Å²) in [7, 11) is 0. The van der Waals surface area contributed by atoms with E-state index in [0.717, 1.165) is 37.6 Å². The molecule has 0 radical (unpaired) electrons. The van der Waals surface area contributed by atoms with Crippen LogP contribution in [-0.4, -0.2) is 26.4 Å². The Balaban J connectivity index is 1.54. The SMILES string of the molecule is CC(C)c1ncc2c(n1)CCN(Cc1cccnc1-c1ccsc1)C2. The second-order valence-electron chi connectivity index (χ2n) is 6.84. The molecule has 1 aliphatic heterocycles. The standard InChI is InChI=1S/C20H22N4S/c1-14(2)20-22-10-17-12-24(8-5-18(17)23-20)11-15-4-3-7-21-19(15)16-6-9-25-13-16/h3-4,6-7,9-10,13-14H,5,8,11-12H2,1-2H3. The minimum atomic E-state index is 0.381. The number of aromatic nitrogens is 3.